The maximum absolute atomic E-state index is 12.3. The topological polar surface area (TPSA) is 119 Å². The molecule has 30 heavy (non-hydrogen) atoms. The van der Waals surface area contributed by atoms with Crippen LogP contribution in [-0.4, -0.2) is 31.9 Å². The quantitative estimate of drug-likeness (QED) is 0.549. The number of rotatable bonds is 10. The molecule has 160 valence electrons. The van der Waals surface area contributed by atoms with E-state index in [1.54, 1.807) is 24.3 Å². The van der Waals surface area contributed by atoms with E-state index in [4.69, 9.17) is 13.9 Å². The molecular formula is C21H25N3O6. The van der Waals surface area contributed by atoms with Crippen LogP contribution in [0.5, 0.6) is 11.5 Å². The lowest BCUT2D eigenvalue weighted by molar-refractivity contribution is -0.124. The SMILES string of the molecule is COc1cc(NC(=O)C2CC2)c(OC)cc1NC(=O)CCC(=O)NCc1ccco1. The van der Waals surface area contributed by atoms with Gasteiger partial charge in [-0.2, -0.15) is 0 Å². The molecule has 0 aliphatic heterocycles. The molecule has 1 aliphatic rings. The zero-order valence-corrected chi connectivity index (χ0v) is 16.9. The van der Waals surface area contributed by atoms with Gasteiger partial charge >= 0.3 is 0 Å². The zero-order valence-electron chi connectivity index (χ0n) is 16.9. The molecule has 9 heteroatoms. The summed E-state index contributed by atoms with van der Waals surface area (Å²) in [5, 5.41) is 8.24. The summed E-state index contributed by atoms with van der Waals surface area (Å²) in [6, 6.07) is 6.67. The number of hydrogen-bond acceptors (Lipinski definition) is 6. The van der Waals surface area contributed by atoms with Gasteiger partial charge in [0, 0.05) is 30.9 Å². The van der Waals surface area contributed by atoms with Gasteiger partial charge in [-0.1, -0.05) is 0 Å². The molecule has 0 radical (unpaired) electrons. The third-order valence-corrected chi connectivity index (χ3v) is 4.62. The highest BCUT2D eigenvalue weighted by molar-refractivity contribution is 5.98. The Labute approximate surface area is 174 Å². The fourth-order valence-corrected chi connectivity index (χ4v) is 2.80. The van der Waals surface area contributed by atoms with Crippen LogP contribution >= 0.6 is 0 Å². The highest BCUT2D eigenvalue weighted by atomic mass is 16.5. The number of carbonyl (C=O) groups is 3. The van der Waals surface area contributed by atoms with Crippen molar-refractivity contribution in [3.05, 3.63) is 36.3 Å². The lowest BCUT2D eigenvalue weighted by atomic mass is 10.2. The number of amides is 3. The van der Waals surface area contributed by atoms with Gasteiger partial charge in [0.2, 0.25) is 17.7 Å². The maximum atomic E-state index is 12.3. The first-order chi connectivity index (χ1) is 14.5. The second kappa shape index (κ2) is 9.82. The van der Waals surface area contributed by atoms with Crippen LogP contribution in [0.1, 0.15) is 31.4 Å². The Morgan fingerprint density at radius 3 is 2.20 bits per heavy atom. The molecule has 1 saturated carbocycles. The third kappa shape index (κ3) is 5.76. The zero-order chi connectivity index (χ0) is 21.5. The molecule has 1 heterocycles. The maximum Gasteiger partial charge on any atom is 0.227 e. The Balaban J connectivity index is 1.56. The minimum atomic E-state index is -0.349. The van der Waals surface area contributed by atoms with Crippen molar-refractivity contribution in [2.75, 3.05) is 24.9 Å². The van der Waals surface area contributed by atoms with Crippen molar-refractivity contribution in [1.82, 2.24) is 5.32 Å². The average molecular weight is 415 g/mol. The summed E-state index contributed by atoms with van der Waals surface area (Å²) in [5.41, 5.74) is 0.862. The van der Waals surface area contributed by atoms with Gasteiger partial charge in [0.1, 0.15) is 17.3 Å². The fourth-order valence-electron chi connectivity index (χ4n) is 2.80. The first kappa shape index (κ1) is 21.2. The van der Waals surface area contributed by atoms with E-state index in [0.29, 0.717) is 28.6 Å². The summed E-state index contributed by atoms with van der Waals surface area (Å²) in [6.45, 7) is 0.270. The Morgan fingerprint density at radius 1 is 1.00 bits per heavy atom. The second-order valence-corrected chi connectivity index (χ2v) is 6.92. The molecule has 3 N–H and O–H groups in total. The standard InChI is InChI=1S/C21H25N3O6/c1-28-17-11-16(24-21(27)13-5-6-13)18(29-2)10-15(17)23-20(26)8-7-19(25)22-12-14-4-3-9-30-14/h3-4,9-11,13H,5-8,12H2,1-2H3,(H,22,25)(H,23,26)(H,24,27). The van der Waals surface area contributed by atoms with Gasteiger partial charge in [0.25, 0.3) is 0 Å². The average Bonchev–Trinajstić information content (AvgIpc) is 3.47. The number of methoxy groups -OCH3 is 2. The van der Waals surface area contributed by atoms with Crippen molar-refractivity contribution in [1.29, 1.82) is 0 Å². The molecule has 9 nitrogen and oxygen atoms in total. The van der Waals surface area contributed by atoms with Crippen LogP contribution in [0.4, 0.5) is 11.4 Å². The van der Waals surface area contributed by atoms with Crippen LogP contribution in [0, 0.1) is 5.92 Å². The highest BCUT2D eigenvalue weighted by Crippen LogP contribution is 2.38. The minimum absolute atomic E-state index is 0.00434. The lowest BCUT2D eigenvalue weighted by Gasteiger charge is -2.16. The summed E-state index contributed by atoms with van der Waals surface area (Å²) in [4.78, 5) is 36.3. The van der Waals surface area contributed by atoms with Gasteiger partial charge in [0.05, 0.1) is 38.4 Å². The van der Waals surface area contributed by atoms with Crippen LogP contribution in [-0.2, 0) is 20.9 Å². The van der Waals surface area contributed by atoms with Crippen molar-refractivity contribution in [2.24, 2.45) is 5.92 Å². The van der Waals surface area contributed by atoms with Gasteiger partial charge in [-0.25, -0.2) is 0 Å². The van der Waals surface area contributed by atoms with Crippen LogP contribution in [0.25, 0.3) is 0 Å². The van der Waals surface area contributed by atoms with E-state index in [9.17, 15) is 14.4 Å². The number of hydrogen-bond donors (Lipinski definition) is 3. The van der Waals surface area contributed by atoms with Crippen LogP contribution in [0.15, 0.2) is 34.9 Å². The van der Waals surface area contributed by atoms with Crippen molar-refractivity contribution < 1.29 is 28.3 Å². The molecular weight excluding hydrogens is 390 g/mol. The number of nitrogens with one attached hydrogen (secondary N) is 3. The van der Waals surface area contributed by atoms with Crippen molar-refractivity contribution in [3.63, 3.8) is 0 Å². The molecule has 1 aliphatic carbocycles. The van der Waals surface area contributed by atoms with E-state index >= 15 is 0 Å². The second-order valence-electron chi connectivity index (χ2n) is 6.92. The number of benzene rings is 1. The highest BCUT2D eigenvalue weighted by Gasteiger charge is 2.30. The van der Waals surface area contributed by atoms with E-state index in [1.165, 1.54) is 20.5 Å². The van der Waals surface area contributed by atoms with E-state index < -0.39 is 0 Å². The summed E-state index contributed by atoms with van der Waals surface area (Å²) >= 11 is 0. The molecule has 0 atom stereocenters. The van der Waals surface area contributed by atoms with E-state index in [2.05, 4.69) is 16.0 Å². The van der Waals surface area contributed by atoms with E-state index in [1.807, 2.05) is 0 Å². The summed E-state index contributed by atoms with van der Waals surface area (Å²) in [5.74, 6) is 0.779. The largest absolute Gasteiger partial charge is 0.494 e. The van der Waals surface area contributed by atoms with Crippen molar-refractivity contribution in [2.45, 2.75) is 32.2 Å². The van der Waals surface area contributed by atoms with Gasteiger partial charge in [-0.05, 0) is 25.0 Å². The van der Waals surface area contributed by atoms with Crippen LogP contribution < -0.4 is 25.4 Å². The number of carbonyl (C=O) groups excluding carboxylic acids is 3. The molecule has 2 aromatic rings. The molecule has 3 rings (SSSR count). The minimum Gasteiger partial charge on any atom is -0.494 e. The summed E-state index contributed by atoms with van der Waals surface area (Å²) < 4.78 is 15.8. The molecule has 3 amide bonds. The molecule has 0 saturated heterocycles. The first-order valence-electron chi connectivity index (χ1n) is 9.66. The van der Waals surface area contributed by atoms with Gasteiger partial charge in [-0.3, -0.25) is 14.4 Å². The number of ether oxygens (including phenoxy) is 2. The molecule has 0 unspecified atom stereocenters. The summed E-state index contributed by atoms with van der Waals surface area (Å²) in [6.07, 6.45) is 3.32. The monoisotopic (exact) mass is 415 g/mol. The Hall–Kier alpha value is -3.49. The normalized spacial score (nSPS) is 12.7. The number of anilines is 2. The summed E-state index contributed by atoms with van der Waals surface area (Å²) in [7, 11) is 2.94. The van der Waals surface area contributed by atoms with Gasteiger partial charge < -0.3 is 29.8 Å². The van der Waals surface area contributed by atoms with E-state index in [0.717, 1.165) is 12.8 Å². The number of furan rings is 1. The Bertz CT molecular complexity index is 906. The Morgan fingerprint density at radius 2 is 1.63 bits per heavy atom. The van der Waals surface area contributed by atoms with Gasteiger partial charge in [0.15, 0.2) is 0 Å². The van der Waals surface area contributed by atoms with Crippen molar-refractivity contribution in [3.8, 4) is 11.5 Å². The third-order valence-electron chi connectivity index (χ3n) is 4.62. The Kier molecular flexibility index (Phi) is 6.95. The first-order valence-corrected chi connectivity index (χ1v) is 9.66. The fraction of sp³-hybridized carbons (Fsp3) is 0.381. The predicted octanol–water partition coefficient (Wildman–Crippen LogP) is 2.68. The van der Waals surface area contributed by atoms with Crippen LogP contribution in [0.2, 0.25) is 0 Å². The predicted molar refractivity (Wildman–Crippen MR) is 109 cm³/mol. The van der Waals surface area contributed by atoms with Crippen LogP contribution in [0.3, 0.4) is 0 Å². The smallest absolute Gasteiger partial charge is 0.227 e. The van der Waals surface area contributed by atoms with Gasteiger partial charge in [-0.15, -0.1) is 0 Å². The molecule has 0 spiro atoms. The van der Waals surface area contributed by atoms with E-state index in [-0.39, 0.29) is 43.0 Å². The molecule has 1 fully saturated rings. The molecule has 0 bridgehead atoms. The molecule has 1 aromatic carbocycles. The lowest BCUT2D eigenvalue weighted by Crippen LogP contribution is -2.24. The molecule has 1 aromatic heterocycles. The van der Waals surface area contributed by atoms with Crippen molar-refractivity contribution >= 4 is 29.1 Å².